The van der Waals surface area contributed by atoms with Crippen molar-refractivity contribution < 1.29 is 28.6 Å². The molecule has 2 aromatic rings. The van der Waals surface area contributed by atoms with Crippen LogP contribution in [-0.4, -0.2) is 37.7 Å². The van der Waals surface area contributed by atoms with Crippen LogP contribution in [0.15, 0.2) is 65.9 Å². The summed E-state index contributed by atoms with van der Waals surface area (Å²) in [5.74, 6) is -0.661. The minimum Gasteiger partial charge on any atom is -0.489 e. The maximum absolute atomic E-state index is 12.5. The van der Waals surface area contributed by atoms with Gasteiger partial charge in [0, 0.05) is 0 Å². The van der Waals surface area contributed by atoms with Crippen molar-refractivity contribution in [3.63, 3.8) is 0 Å². The van der Waals surface area contributed by atoms with E-state index in [-0.39, 0.29) is 31.0 Å². The summed E-state index contributed by atoms with van der Waals surface area (Å²) in [5.41, 5.74) is 1.70. The summed E-state index contributed by atoms with van der Waals surface area (Å²) in [6.07, 6.45) is 0. The molecule has 2 aromatic carbocycles. The summed E-state index contributed by atoms with van der Waals surface area (Å²) in [6, 6.07) is 15.8. The SMILES string of the molecule is CCOC(=O)C1=C(COC(=O)c2cccc(OCc3ccccc3)c2)NC(=O)NC1. The van der Waals surface area contributed by atoms with Gasteiger partial charge in [-0.05, 0) is 30.7 Å². The highest BCUT2D eigenvalue weighted by Crippen LogP contribution is 2.17. The van der Waals surface area contributed by atoms with Gasteiger partial charge in [-0.3, -0.25) is 0 Å². The quantitative estimate of drug-likeness (QED) is 0.649. The topological polar surface area (TPSA) is 103 Å². The van der Waals surface area contributed by atoms with Crippen LogP contribution in [0.2, 0.25) is 0 Å². The smallest absolute Gasteiger partial charge is 0.338 e. The molecular formula is C22H22N2O6. The van der Waals surface area contributed by atoms with Gasteiger partial charge in [-0.25, -0.2) is 14.4 Å². The average Bonchev–Trinajstić information content (AvgIpc) is 2.77. The van der Waals surface area contributed by atoms with Gasteiger partial charge in [0.2, 0.25) is 0 Å². The summed E-state index contributed by atoms with van der Waals surface area (Å²) in [6.45, 7) is 1.98. The molecule has 0 radical (unpaired) electrons. The van der Waals surface area contributed by atoms with Gasteiger partial charge in [0.15, 0.2) is 0 Å². The summed E-state index contributed by atoms with van der Waals surface area (Å²) in [5, 5.41) is 4.98. The van der Waals surface area contributed by atoms with E-state index in [1.54, 1.807) is 31.2 Å². The number of ether oxygens (including phenoxy) is 3. The number of amides is 2. The highest BCUT2D eigenvalue weighted by Gasteiger charge is 2.24. The molecule has 2 N–H and O–H groups in total. The number of carbonyl (C=O) groups excluding carboxylic acids is 3. The van der Waals surface area contributed by atoms with E-state index >= 15 is 0 Å². The molecule has 1 aliphatic rings. The molecule has 3 rings (SSSR count). The number of carbonyl (C=O) groups is 3. The van der Waals surface area contributed by atoms with Crippen LogP contribution in [-0.2, 0) is 20.9 Å². The van der Waals surface area contributed by atoms with Crippen molar-refractivity contribution in [3.05, 3.63) is 77.0 Å². The Morgan fingerprint density at radius 3 is 2.53 bits per heavy atom. The predicted molar refractivity (Wildman–Crippen MR) is 108 cm³/mol. The minimum atomic E-state index is -0.608. The first kappa shape index (κ1) is 20.9. The van der Waals surface area contributed by atoms with Crippen molar-refractivity contribution in [2.24, 2.45) is 0 Å². The fourth-order valence-electron chi connectivity index (χ4n) is 2.74. The molecule has 0 fully saturated rings. The number of rotatable bonds is 8. The largest absolute Gasteiger partial charge is 0.489 e. The van der Waals surface area contributed by atoms with Crippen molar-refractivity contribution in [1.29, 1.82) is 0 Å². The predicted octanol–water partition coefficient (Wildman–Crippen LogP) is 2.55. The number of hydrogen-bond donors (Lipinski definition) is 2. The van der Waals surface area contributed by atoms with Crippen LogP contribution in [0.3, 0.4) is 0 Å². The fourth-order valence-corrected chi connectivity index (χ4v) is 2.74. The molecule has 8 nitrogen and oxygen atoms in total. The number of nitrogens with one attached hydrogen (secondary N) is 2. The molecule has 1 heterocycles. The van der Waals surface area contributed by atoms with Crippen molar-refractivity contribution in [1.82, 2.24) is 10.6 Å². The average molecular weight is 410 g/mol. The Morgan fingerprint density at radius 2 is 1.77 bits per heavy atom. The molecule has 0 saturated carbocycles. The fraction of sp³-hybridized carbons (Fsp3) is 0.227. The Morgan fingerprint density at radius 1 is 0.967 bits per heavy atom. The monoisotopic (exact) mass is 410 g/mol. The molecule has 0 unspecified atom stereocenters. The van der Waals surface area contributed by atoms with Crippen LogP contribution in [0.4, 0.5) is 4.79 Å². The van der Waals surface area contributed by atoms with Gasteiger partial charge in [-0.2, -0.15) is 0 Å². The zero-order chi connectivity index (χ0) is 21.3. The number of urea groups is 1. The third-order valence-electron chi connectivity index (χ3n) is 4.24. The molecule has 0 bridgehead atoms. The zero-order valence-corrected chi connectivity index (χ0v) is 16.5. The van der Waals surface area contributed by atoms with E-state index in [9.17, 15) is 14.4 Å². The van der Waals surface area contributed by atoms with E-state index in [0.717, 1.165) is 5.56 Å². The van der Waals surface area contributed by atoms with Gasteiger partial charge >= 0.3 is 18.0 Å². The molecule has 0 spiro atoms. The molecule has 0 aliphatic carbocycles. The van der Waals surface area contributed by atoms with Gasteiger partial charge in [0.1, 0.15) is 19.0 Å². The molecule has 30 heavy (non-hydrogen) atoms. The Bertz CT molecular complexity index is 955. The Kier molecular flexibility index (Phi) is 7.05. The van der Waals surface area contributed by atoms with Crippen LogP contribution < -0.4 is 15.4 Å². The summed E-state index contributed by atoms with van der Waals surface area (Å²) in [4.78, 5) is 36.1. The highest BCUT2D eigenvalue weighted by molar-refractivity contribution is 5.94. The van der Waals surface area contributed by atoms with Crippen molar-refractivity contribution in [3.8, 4) is 5.75 Å². The van der Waals surface area contributed by atoms with Crippen LogP contribution in [0.25, 0.3) is 0 Å². The van der Waals surface area contributed by atoms with Crippen molar-refractivity contribution in [2.45, 2.75) is 13.5 Å². The maximum atomic E-state index is 12.5. The van der Waals surface area contributed by atoms with E-state index in [0.29, 0.717) is 17.9 Å². The summed E-state index contributed by atoms with van der Waals surface area (Å²) < 4.78 is 16.0. The molecular weight excluding hydrogens is 388 g/mol. The molecule has 0 saturated heterocycles. The number of hydrogen-bond acceptors (Lipinski definition) is 6. The first-order valence-electron chi connectivity index (χ1n) is 9.44. The normalized spacial score (nSPS) is 13.2. The second-order valence-corrected chi connectivity index (χ2v) is 6.36. The summed E-state index contributed by atoms with van der Waals surface area (Å²) >= 11 is 0. The molecule has 8 heteroatoms. The van der Waals surface area contributed by atoms with Crippen LogP contribution in [0.1, 0.15) is 22.8 Å². The van der Waals surface area contributed by atoms with Gasteiger partial charge in [-0.15, -0.1) is 0 Å². The van der Waals surface area contributed by atoms with E-state index in [1.165, 1.54) is 0 Å². The number of benzene rings is 2. The first-order chi connectivity index (χ1) is 14.6. The lowest BCUT2D eigenvalue weighted by atomic mass is 10.1. The third kappa shape index (κ3) is 5.60. The molecule has 2 amide bonds. The molecule has 1 aliphatic heterocycles. The Labute approximate surface area is 173 Å². The van der Waals surface area contributed by atoms with Gasteiger partial charge < -0.3 is 24.8 Å². The maximum Gasteiger partial charge on any atom is 0.338 e. The van der Waals surface area contributed by atoms with E-state index in [1.807, 2.05) is 30.3 Å². The Balaban J connectivity index is 1.63. The standard InChI is InChI=1S/C22H22N2O6/c1-2-28-21(26)18-12-23-22(27)24-19(18)14-30-20(25)16-9-6-10-17(11-16)29-13-15-7-4-3-5-8-15/h3-11H,2,12-14H2,1H3,(H2,23,24,27). The Hall–Kier alpha value is -3.81. The lowest BCUT2D eigenvalue weighted by Gasteiger charge is -2.21. The van der Waals surface area contributed by atoms with Gasteiger partial charge in [-0.1, -0.05) is 36.4 Å². The van der Waals surface area contributed by atoms with E-state index in [4.69, 9.17) is 14.2 Å². The lowest BCUT2D eigenvalue weighted by Crippen LogP contribution is -2.45. The highest BCUT2D eigenvalue weighted by atomic mass is 16.5. The third-order valence-corrected chi connectivity index (χ3v) is 4.24. The van der Waals surface area contributed by atoms with Crippen molar-refractivity contribution >= 4 is 18.0 Å². The molecule has 0 atom stereocenters. The van der Waals surface area contributed by atoms with E-state index in [2.05, 4.69) is 10.6 Å². The van der Waals surface area contributed by atoms with Gasteiger partial charge in [0.05, 0.1) is 30.0 Å². The zero-order valence-electron chi connectivity index (χ0n) is 16.5. The minimum absolute atomic E-state index is 0.000359. The van der Waals surface area contributed by atoms with Crippen LogP contribution in [0.5, 0.6) is 5.75 Å². The van der Waals surface area contributed by atoms with E-state index < -0.39 is 18.0 Å². The number of esters is 2. The van der Waals surface area contributed by atoms with Crippen LogP contribution >= 0.6 is 0 Å². The van der Waals surface area contributed by atoms with Crippen LogP contribution in [0, 0.1) is 0 Å². The van der Waals surface area contributed by atoms with Crippen molar-refractivity contribution in [2.75, 3.05) is 19.8 Å². The lowest BCUT2D eigenvalue weighted by molar-refractivity contribution is -0.138. The summed E-state index contributed by atoms with van der Waals surface area (Å²) in [7, 11) is 0. The second kappa shape index (κ2) is 10.1. The molecule has 0 aromatic heterocycles. The second-order valence-electron chi connectivity index (χ2n) is 6.36. The first-order valence-corrected chi connectivity index (χ1v) is 9.44. The molecule has 156 valence electrons. The van der Waals surface area contributed by atoms with Gasteiger partial charge in [0.25, 0.3) is 0 Å².